The summed E-state index contributed by atoms with van der Waals surface area (Å²) >= 11 is 0. The Morgan fingerprint density at radius 1 is 1.03 bits per heavy atom. The zero-order valence-electron chi connectivity index (χ0n) is 17.5. The monoisotopic (exact) mass is 395 g/mol. The summed E-state index contributed by atoms with van der Waals surface area (Å²) in [5, 5.41) is 8.68. The highest BCUT2D eigenvalue weighted by molar-refractivity contribution is 6.05. The second-order valence-electron chi connectivity index (χ2n) is 8.52. The van der Waals surface area contributed by atoms with Crippen molar-refractivity contribution < 1.29 is 9.18 Å². The SMILES string of the molecule is CC(C)(C)C(NC(=O)c1nn(CCCCCF)c2ccccc12)c1ccccc1. The second kappa shape index (κ2) is 9.21. The van der Waals surface area contributed by atoms with Crippen LogP contribution in [0.5, 0.6) is 0 Å². The largest absolute Gasteiger partial charge is 0.343 e. The maximum atomic E-state index is 13.2. The number of unbranched alkanes of at least 4 members (excludes halogenated alkanes) is 2. The Morgan fingerprint density at radius 3 is 2.41 bits per heavy atom. The Hall–Kier alpha value is -2.69. The predicted molar refractivity (Wildman–Crippen MR) is 116 cm³/mol. The molecule has 1 unspecified atom stereocenters. The van der Waals surface area contributed by atoms with Crippen LogP contribution in [0.4, 0.5) is 4.39 Å². The van der Waals surface area contributed by atoms with Crippen LogP contribution in [0.15, 0.2) is 54.6 Å². The summed E-state index contributed by atoms with van der Waals surface area (Å²) < 4.78 is 14.2. The zero-order valence-corrected chi connectivity index (χ0v) is 17.5. The topological polar surface area (TPSA) is 46.9 Å². The number of amides is 1. The number of aryl methyl sites for hydroxylation is 1. The molecule has 0 radical (unpaired) electrons. The first-order chi connectivity index (χ1) is 13.9. The van der Waals surface area contributed by atoms with Crippen molar-refractivity contribution in [2.75, 3.05) is 6.67 Å². The van der Waals surface area contributed by atoms with Crippen molar-refractivity contribution in [3.05, 3.63) is 65.9 Å². The molecule has 4 nitrogen and oxygen atoms in total. The Kier molecular flexibility index (Phi) is 6.68. The molecular weight excluding hydrogens is 365 g/mol. The minimum absolute atomic E-state index is 0.135. The molecule has 0 spiro atoms. The number of para-hydroxylation sites is 1. The summed E-state index contributed by atoms with van der Waals surface area (Å²) in [6, 6.07) is 17.7. The molecule has 1 atom stereocenters. The Morgan fingerprint density at radius 2 is 1.72 bits per heavy atom. The molecule has 0 aliphatic carbocycles. The van der Waals surface area contributed by atoms with Gasteiger partial charge < -0.3 is 5.32 Å². The number of fused-ring (bicyclic) bond motifs is 1. The lowest BCUT2D eigenvalue weighted by molar-refractivity contribution is 0.0897. The number of alkyl halides is 1. The van der Waals surface area contributed by atoms with Gasteiger partial charge in [0.05, 0.1) is 18.2 Å². The molecule has 0 fully saturated rings. The third-order valence-electron chi connectivity index (χ3n) is 5.15. The molecular formula is C24H30FN3O. The molecule has 0 saturated heterocycles. The van der Waals surface area contributed by atoms with Gasteiger partial charge in [-0.25, -0.2) is 0 Å². The van der Waals surface area contributed by atoms with E-state index >= 15 is 0 Å². The number of benzene rings is 2. The lowest BCUT2D eigenvalue weighted by Gasteiger charge is -2.31. The fourth-order valence-electron chi connectivity index (χ4n) is 3.64. The van der Waals surface area contributed by atoms with Gasteiger partial charge in [-0.3, -0.25) is 13.9 Å². The molecule has 1 aromatic heterocycles. The highest BCUT2D eigenvalue weighted by Gasteiger charge is 2.29. The predicted octanol–water partition coefficient (Wildman–Crippen LogP) is 5.69. The average Bonchev–Trinajstić information content (AvgIpc) is 3.08. The van der Waals surface area contributed by atoms with Gasteiger partial charge in [0, 0.05) is 11.9 Å². The van der Waals surface area contributed by atoms with Crippen LogP contribution >= 0.6 is 0 Å². The highest BCUT2D eigenvalue weighted by atomic mass is 19.1. The van der Waals surface area contributed by atoms with Crippen LogP contribution in [0.2, 0.25) is 0 Å². The molecule has 3 rings (SSSR count). The van der Waals surface area contributed by atoms with E-state index in [0.29, 0.717) is 18.7 Å². The summed E-state index contributed by atoms with van der Waals surface area (Å²) in [6.45, 7) is 6.74. The number of hydrogen-bond donors (Lipinski definition) is 1. The molecule has 0 aliphatic rings. The number of rotatable bonds is 8. The highest BCUT2D eigenvalue weighted by Crippen LogP contribution is 2.33. The molecule has 29 heavy (non-hydrogen) atoms. The van der Waals surface area contributed by atoms with E-state index in [4.69, 9.17) is 0 Å². The van der Waals surface area contributed by atoms with Crippen LogP contribution in [0.1, 0.15) is 62.1 Å². The van der Waals surface area contributed by atoms with Gasteiger partial charge in [0.1, 0.15) is 0 Å². The molecule has 1 heterocycles. The molecule has 2 aromatic carbocycles. The molecule has 0 bridgehead atoms. The second-order valence-corrected chi connectivity index (χ2v) is 8.52. The van der Waals surface area contributed by atoms with Gasteiger partial charge >= 0.3 is 0 Å². The molecule has 5 heteroatoms. The molecule has 0 saturated carbocycles. The van der Waals surface area contributed by atoms with Crippen LogP contribution < -0.4 is 5.32 Å². The minimum Gasteiger partial charge on any atom is -0.343 e. The van der Waals surface area contributed by atoms with E-state index in [1.54, 1.807) is 0 Å². The summed E-state index contributed by atoms with van der Waals surface area (Å²) in [7, 11) is 0. The van der Waals surface area contributed by atoms with Gasteiger partial charge in [-0.05, 0) is 36.3 Å². The normalized spacial score (nSPS) is 12.8. The van der Waals surface area contributed by atoms with Gasteiger partial charge in [-0.1, -0.05) is 69.3 Å². The smallest absolute Gasteiger partial charge is 0.272 e. The van der Waals surface area contributed by atoms with Crippen LogP contribution in [0, 0.1) is 5.41 Å². The zero-order chi connectivity index (χ0) is 20.9. The first kappa shape index (κ1) is 21.0. The number of hydrogen-bond acceptors (Lipinski definition) is 2. The van der Waals surface area contributed by atoms with E-state index in [1.165, 1.54) is 0 Å². The van der Waals surface area contributed by atoms with E-state index in [0.717, 1.165) is 29.3 Å². The molecule has 0 aliphatic heterocycles. The van der Waals surface area contributed by atoms with Crippen LogP contribution in [0.3, 0.4) is 0 Å². The summed E-state index contributed by atoms with van der Waals surface area (Å²) in [5.74, 6) is -0.174. The maximum absolute atomic E-state index is 13.2. The van der Waals surface area contributed by atoms with E-state index in [-0.39, 0.29) is 24.0 Å². The molecule has 3 aromatic rings. The standard InChI is InChI=1S/C24H30FN3O/c1-24(2,3)22(18-12-6-4-7-13-18)26-23(29)21-19-14-8-9-15-20(19)28(27-21)17-11-5-10-16-25/h4,6-9,12-15,22H,5,10-11,16-17H2,1-3H3,(H,26,29). The van der Waals surface area contributed by atoms with Gasteiger partial charge in [-0.15, -0.1) is 0 Å². The Bertz CT molecular complexity index is 944. The fraction of sp³-hybridized carbons (Fsp3) is 0.417. The van der Waals surface area contributed by atoms with E-state index in [9.17, 15) is 9.18 Å². The number of nitrogens with one attached hydrogen (secondary N) is 1. The average molecular weight is 396 g/mol. The van der Waals surface area contributed by atoms with E-state index in [1.807, 2.05) is 59.3 Å². The Labute approximate surface area is 172 Å². The minimum atomic E-state index is -0.290. The summed E-state index contributed by atoms with van der Waals surface area (Å²) in [4.78, 5) is 13.2. The van der Waals surface area contributed by atoms with E-state index < -0.39 is 0 Å². The number of aromatic nitrogens is 2. The lowest BCUT2D eigenvalue weighted by atomic mass is 9.82. The van der Waals surface area contributed by atoms with Crippen molar-refractivity contribution >= 4 is 16.8 Å². The van der Waals surface area contributed by atoms with Gasteiger partial charge in [-0.2, -0.15) is 5.10 Å². The first-order valence-electron chi connectivity index (χ1n) is 10.3. The van der Waals surface area contributed by atoms with Crippen molar-refractivity contribution in [3.8, 4) is 0 Å². The van der Waals surface area contributed by atoms with Gasteiger partial charge in [0.25, 0.3) is 5.91 Å². The number of halogens is 1. The first-order valence-corrected chi connectivity index (χ1v) is 10.3. The van der Waals surface area contributed by atoms with Crippen molar-refractivity contribution in [1.29, 1.82) is 0 Å². The Balaban J connectivity index is 1.88. The third-order valence-corrected chi connectivity index (χ3v) is 5.15. The van der Waals surface area contributed by atoms with Crippen molar-refractivity contribution in [2.45, 2.75) is 52.6 Å². The van der Waals surface area contributed by atoms with Crippen LogP contribution in [-0.4, -0.2) is 22.4 Å². The van der Waals surface area contributed by atoms with Gasteiger partial charge in [0.2, 0.25) is 0 Å². The maximum Gasteiger partial charge on any atom is 0.272 e. The van der Waals surface area contributed by atoms with Gasteiger partial charge in [0.15, 0.2) is 5.69 Å². The van der Waals surface area contributed by atoms with E-state index in [2.05, 4.69) is 31.2 Å². The number of carbonyl (C=O) groups excluding carboxylic acids is 1. The fourth-order valence-corrected chi connectivity index (χ4v) is 3.64. The molecule has 1 amide bonds. The van der Waals surface area contributed by atoms with Crippen molar-refractivity contribution in [3.63, 3.8) is 0 Å². The summed E-state index contributed by atoms with van der Waals surface area (Å²) in [6.07, 6.45) is 2.22. The number of carbonyl (C=O) groups is 1. The number of nitrogens with zero attached hydrogens (tertiary/aromatic N) is 2. The van der Waals surface area contributed by atoms with Crippen molar-refractivity contribution in [2.24, 2.45) is 5.41 Å². The molecule has 1 N–H and O–H groups in total. The van der Waals surface area contributed by atoms with Crippen molar-refractivity contribution in [1.82, 2.24) is 15.1 Å². The summed E-state index contributed by atoms with van der Waals surface area (Å²) in [5.41, 5.74) is 2.30. The van der Waals surface area contributed by atoms with Crippen LogP contribution in [-0.2, 0) is 6.54 Å². The molecule has 154 valence electrons. The third kappa shape index (κ3) is 5.03. The lowest BCUT2D eigenvalue weighted by Crippen LogP contribution is -2.37. The van der Waals surface area contributed by atoms with Crippen LogP contribution in [0.25, 0.3) is 10.9 Å². The quantitative estimate of drug-likeness (QED) is 0.498.